The second-order valence-corrected chi connectivity index (χ2v) is 6.95. The number of para-hydroxylation sites is 1. The molecule has 1 aliphatic heterocycles. The average Bonchev–Trinajstić information content (AvgIpc) is 2.60. The minimum absolute atomic E-state index is 0.107. The van der Waals surface area contributed by atoms with Crippen molar-refractivity contribution in [1.82, 2.24) is 4.90 Å². The summed E-state index contributed by atoms with van der Waals surface area (Å²) < 4.78 is 12.0. The summed E-state index contributed by atoms with van der Waals surface area (Å²) in [4.78, 5) is 2.44. The van der Waals surface area contributed by atoms with Gasteiger partial charge in [-0.05, 0) is 56.2 Å². The fourth-order valence-electron chi connectivity index (χ4n) is 2.95. The van der Waals surface area contributed by atoms with Gasteiger partial charge in [0.2, 0.25) is 0 Å². The van der Waals surface area contributed by atoms with Gasteiger partial charge >= 0.3 is 0 Å². The molecule has 4 heteroatoms. The number of hydrogen-bond acceptors (Lipinski definition) is 3. The normalized spacial score (nSPS) is 17.4. The van der Waals surface area contributed by atoms with E-state index < -0.39 is 0 Å². The van der Waals surface area contributed by atoms with Gasteiger partial charge in [-0.2, -0.15) is 0 Å². The van der Waals surface area contributed by atoms with Crippen LogP contribution in [0.1, 0.15) is 19.8 Å². The van der Waals surface area contributed by atoms with E-state index in [1.54, 1.807) is 0 Å². The van der Waals surface area contributed by atoms with Gasteiger partial charge in [-0.1, -0.05) is 29.8 Å². The Bertz CT molecular complexity index is 622. The van der Waals surface area contributed by atoms with Crippen LogP contribution in [0.3, 0.4) is 0 Å². The average molecular weight is 346 g/mol. The fourth-order valence-corrected chi connectivity index (χ4v) is 3.07. The Morgan fingerprint density at radius 2 is 1.62 bits per heavy atom. The highest BCUT2D eigenvalue weighted by atomic mass is 35.5. The summed E-state index contributed by atoms with van der Waals surface area (Å²) in [7, 11) is 0. The lowest BCUT2D eigenvalue weighted by atomic mass is 9.93. The second kappa shape index (κ2) is 7.91. The molecule has 0 aromatic heterocycles. The van der Waals surface area contributed by atoms with Crippen LogP contribution in [0, 0.1) is 0 Å². The van der Waals surface area contributed by atoms with E-state index in [4.69, 9.17) is 21.1 Å². The predicted molar refractivity (Wildman–Crippen MR) is 98.1 cm³/mol. The van der Waals surface area contributed by atoms with Crippen LogP contribution in [0.5, 0.6) is 11.5 Å². The molecule has 0 unspecified atom stereocenters. The van der Waals surface area contributed by atoms with Gasteiger partial charge in [0.1, 0.15) is 23.7 Å². The highest BCUT2D eigenvalue weighted by Crippen LogP contribution is 2.29. The maximum Gasteiger partial charge on any atom is 0.120 e. The molecule has 0 N–H and O–H groups in total. The predicted octanol–water partition coefficient (Wildman–Crippen LogP) is 4.65. The standard InChI is InChI=1S/C20H24ClNO2/c1-20(24-19-9-7-17(21)8-10-19)11-13-22(14-12-20)15-16-23-18-5-3-2-4-6-18/h2-10H,11-16H2,1H3. The van der Waals surface area contributed by atoms with Crippen molar-refractivity contribution in [1.29, 1.82) is 0 Å². The van der Waals surface area contributed by atoms with Crippen molar-refractivity contribution in [3.8, 4) is 11.5 Å². The minimum atomic E-state index is -0.107. The van der Waals surface area contributed by atoms with Gasteiger partial charge < -0.3 is 9.47 Å². The van der Waals surface area contributed by atoms with E-state index in [1.807, 2.05) is 54.6 Å². The first kappa shape index (κ1) is 17.1. The molecular weight excluding hydrogens is 322 g/mol. The number of halogens is 1. The molecule has 2 aromatic carbocycles. The van der Waals surface area contributed by atoms with Crippen LogP contribution in [0.25, 0.3) is 0 Å². The SMILES string of the molecule is CC1(Oc2ccc(Cl)cc2)CCN(CCOc2ccccc2)CC1. The quantitative estimate of drug-likeness (QED) is 0.760. The van der Waals surface area contributed by atoms with Crippen LogP contribution < -0.4 is 9.47 Å². The van der Waals surface area contributed by atoms with Crippen molar-refractivity contribution in [2.45, 2.75) is 25.4 Å². The first-order valence-corrected chi connectivity index (χ1v) is 8.86. The van der Waals surface area contributed by atoms with Gasteiger partial charge in [0, 0.05) is 24.7 Å². The molecular formula is C20H24ClNO2. The first-order valence-electron chi connectivity index (χ1n) is 8.48. The molecule has 0 saturated carbocycles. The lowest BCUT2D eigenvalue weighted by Gasteiger charge is -2.39. The molecule has 1 heterocycles. The molecule has 0 aliphatic carbocycles. The smallest absolute Gasteiger partial charge is 0.120 e. The summed E-state index contributed by atoms with van der Waals surface area (Å²) in [6.07, 6.45) is 2.03. The van der Waals surface area contributed by atoms with Crippen molar-refractivity contribution >= 4 is 11.6 Å². The van der Waals surface area contributed by atoms with Crippen molar-refractivity contribution in [3.05, 3.63) is 59.6 Å². The first-order chi connectivity index (χ1) is 11.6. The number of ether oxygens (including phenoxy) is 2. The summed E-state index contributed by atoms with van der Waals surface area (Å²) in [5.74, 6) is 1.83. The zero-order chi connectivity index (χ0) is 16.8. The number of rotatable bonds is 6. The minimum Gasteiger partial charge on any atom is -0.492 e. The van der Waals surface area contributed by atoms with Crippen LogP contribution in [0.4, 0.5) is 0 Å². The molecule has 0 atom stereocenters. The van der Waals surface area contributed by atoms with E-state index in [0.717, 1.165) is 55.6 Å². The summed E-state index contributed by atoms with van der Waals surface area (Å²) in [6.45, 7) is 5.93. The van der Waals surface area contributed by atoms with Crippen LogP contribution >= 0.6 is 11.6 Å². The van der Waals surface area contributed by atoms with Gasteiger partial charge in [0.25, 0.3) is 0 Å². The summed E-state index contributed by atoms with van der Waals surface area (Å²) >= 11 is 5.93. The Hall–Kier alpha value is -1.71. The van der Waals surface area contributed by atoms with E-state index in [-0.39, 0.29) is 5.60 Å². The van der Waals surface area contributed by atoms with E-state index in [9.17, 15) is 0 Å². The number of nitrogens with zero attached hydrogens (tertiary/aromatic N) is 1. The lowest BCUT2D eigenvalue weighted by molar-refractivity contribution is 0.0135. The van der Waals surface area contributed by atoms with Gasteiger partial charge in [0.15, 0.2) is 0 Å². The molecule has 24 heavy (non-hydrogen) atoms. The lowest BCUT2D eigenvalue weighted by Crippen LogP contribution is -2.47. The monoisotopic (exact) mass is 345 g/mol. The summed E-state index contributed by atoms with van der Waals surface area (Å²) in [6, 6.07) is 17.6. The van der Waals surface area contributed by atoms with Crippen LogP contribution in [-0.2, 0) is 0 Å². The topological polar surface area (TPSA) is 21.7 Å². The molecule has 1 fully saturated rings. The molecule has 0 amide bonds. The Morgan fingerprint density at radius 1 is 0.958 bits per heavy atom. The molecule has 0 bridgehead atoms. The Kier molecular flexibility index (Phi) is 5.64. The van der Waals surface area contributed by atoms with E-state index in [1.165, 1.54) is 0 Å². The third-order valence-corrected chi connectivity index (χ3v) is 4.76. The van der Waals surface area contributed by atoms with Gasteiger partial charge in [-0.25, -0.2) is 0 Å². The van der Waals surface area contributed by atoms with Crippen molar-refractivity contribution < 1.29 is 9.47 Å². The molecule has 2 aromatic rings. The van der Waals surface area contributed by atoms with Crippen molar-refractivity contribution in [3.63, 3.8) is 0 Å². The Balaban J connectivity index is 1.42. The second-order valence-electron chi connectivity index (χ2n) is 6.51. The molecule has 3 rings (SSSR count). The maximum atomic E-state index is 6.20. The number of hydrogen-bond donors (Lipinski definition) is 0. The number of benzene rings is 2. The fraction of sp³-hybridized carbons (Fsp3) is 0.400. The molecule has 1 aliphatic rings. The third-order valence-electron chi connectivity index (χ3n) is 4.51. The maximum absolute atomic E-state index is 6.20. The molecule has 0 spiro atoms. The third kappa shape index (κ3) is 4.89. The Labute approximate surface area is 149 Å². The largest absolute Gasteiger partial charge is 0.492 e. The van der Waals surface area contributed by atoms with Crippen LogP contribution in [0.15, 0.2) is 54.6 Å². The molecule has 128 valence electrons. The zero-order valence-electron chi connectivity index (χ0n) is 14.1. The van der Waals surface area contributed by atoms with Crippen molar-refractivity contribution in [2.75, 3.05) is 26.2 Å². The van der Waals surface area contributed by atoms with E-state index >= 15 is 0 Å². The molecule has 3 nitrogen and oxygen atoms in total. The van der Waals surface area contributed by atoms with Crippen LogP contribution in [-0.4, -0.2) is 36.7 Å². The van der Waals surface area contributed by atoms with Gasteiger partial charge in [-0.3, -0.25) is 4.90 Å². The summed E-state index contributed by atoms with van der Waals surface area (Å²) in [5.41, 5.74) is -0.107. The summed E-state index contributed by atoms with van der Waals surface area (Å²) in [5, 5.41) is 0.737. The zero-order valence-corrected chi connectivity index (χ0v) is 14.8. The van der Waals surface area contributed by atoms with Gasteiger partial charge in [-0.15, -0.1) is 0 Å². The molecule has 0 radical (unpaired) electrons. The van der Waals surface area contributed by atoms with E-state index in [2.05, 4.69) is 11.8 Å². The number of likely N-dealkylation sites (tertiary alicyclic amines) is 1. The highest BCUT2D eigenvalue weighted by Gasteiger charge is 2.31. The van der Waals surface area contributed by atoms with Gasteiger partial charge in [0.05, 0.1) is 0 Å². The highest BCUT2D eigenvalue weighted by molar-refractivity contribution is 6.30. The number of piperidine rings is 1. The van der Waals surface area contributed by atoms with E-state index in [0.29, 0.717) is 0 Å². The Morgan fingerprint density at radius 3 is 2.29 bits per heavy atom. The van der Waals surface area contributed by atoms with Crippen molar-refractivity contribution in [2.24, 2.45) is 0 Å². The molecule has 1 saturated heterocycles. The van der Waals surface area contributed by atoms with Crippen LogP contribution in [0.2, 0.25) is 5.02 Å².